The first kappa shape index (κ1) is 31.7. The number of carboxylic acids is 1. The Balaban J connectivity index is 0.000000250. The van der Waals surface area contributed by atoms with E-state index in [4.69, 9.17) is 21.1 Å². The highest BCUT2D eigenvalue weighted by Gasteiger charge is 2.30. The lowest BCUT2D eigenvalue weighted by molar-refractivity contribution is -0.137. The number of aromatic nitrogens is 4. The SMILES string of the molecule is Cc1nc(N)sc1S(=O)(=O)NC(CO)CO.O=C(O)c1cnn2c(C(F)F)cc(-c3ccc(C(F)(F)F)cc3)nc12. The summed E-state index contributed by atoms with van der Waals surface area (Å²) in [5.74, 6) is -1.41. The van der Waals surface area contributed by atoms with Gasteiger partial charge in [0.05, 0.1) is 42.4 Å². The van der Waals surface area contributed by atoms with Crippen molar-refractivity contribution < 1.29 is 50.5 Å². The average molecular weight is 625 g/mol. The highest BCUT2D eigenvalue weighted by Crippen LogP contribution is 2.32. The van der Waals surface area contributed by atoms with E-state index in [1.54, 1.807) is 0 Å². The Morgan fingerprint density at radius 1 is 1.15 bits per heavy atom. The van der Waals surface area contributed by atoms with Crippen LogP contribution in [0.5, 0.6) is 0 Å². The minimum atomic E-state index is -4.54. The fourth-order valence-corrected chi connectivity index (χ4v) is 5.86. The van der Waals surface area contributed by atoms with Crippen LogP contribution in [0.2, 0.25) is 0 Å². The van der Waals surface area contributed by atoms with Crippen molar-refractivity contribution in [1.82, 2.24) is 24.3 Å². The van der Waals surface area contributed by atoms with E-state index >= 15 is 0 Å². The molecule has 0 amide bonds. The highest BCUT2D eigenvalue weighted by atomic mass is 32.2. The maximum absolute atomic E-state index is 13.2. The third-order valence-corrected chi connectivity index (χ3v) is 8.36. The Morgan fingerprint density at radius 3 is 2.22 bits per heavy atom. The summed E-state index contributed by atoms with van der Waals surface area (Å²) in [4.78, 5) is 18.9. The number of carbonyl (C=O) groups is 1. The van der Waals surface area contributed by atoms with Crippen LogP contribution < -0.4 is 10.5 Å². The van der Waals surface area contributed by atoms with Crippen LogP contribution in [0, 0.1) is 6.92 Å². The van der Waals surface area contributed by atoms with E-state index in [9.17, 15) is 35.2 Å². The monoisotopic (exact) mass is 624 g/mol. The second-order valence-corrected chi connectivity index (χ2v) is 11.1. The number of thiazole rings is 1. The first-order valence-electron chi connectivity index (χ1n) is 11.1. The number of aliphatic hydroxyl groups is 2. The molecule has 0 unspecified atom stereocenters. The Kier molecular flexibility index (Phi) is 9.59. The summed E-state index contributed by atoms with van der Waals surface area (Å²) < 4.78 is 90.7. The van der Waals surface area contributed by atoms with Gasteiger partial charge in [0.15, 0.2) is 15.0 Å². The molecule has 41 heavy (non-hydrogen) atoms. The number of nitrogens with zero attached hydrogens (tertiary/aromatic N) is 4. The quantitative estimate of drug-likeness (QED) is 0.182. The Hall–Kier alpha value is -3.78. The van der Waals surface area contributed by atoms with Crippen LogP contribution in [-0.2, 0) is 16.2 Å². The molecule has 0 atom stereocenters. The molecule has 0 saturated carbocycles. The molecule has 222 valence electrons. The largest absolute Gasteiger partial charge is 0.477 e. The number of fused-ring (bicyclic) bond motifs is 1. The second-order valence-electron chi connectivity index (χ2n) is 8.15. The summed E-state index contributed by atoms with van der Waals surface area (Å²) in [5.41, 5.74) is 3.50. The van der Waals surface area contributed by atoms with Gasteiger partial charge in [0.25, 0.3) is 16.4 Å². The molecule has 4 rings (SSSR count). The molecule has 3 aromatic heterocycles. The van der Waals surface area contributed by atoms with E-state index in [2.05, 4.69) is 19.8 Å². The van der Waals surface area contributed by atoms with Gasteiger partial charge in [-0.3, -0.25) is 0 Å². The van der Waals surface area contributed by atoms with Crippen LogP contribution in [0.25, 0.3) is 16.9 Å². The summed E-state index contributed by atoms with van der Waals surface area (Å²) >= 11 is 0.837. The summed E-state index contributed by atoms with van der Waals surface area (Å²) in [5, 5.41) is 30.4. The van der Waals surface area contributed by atoms with Crippen LogP contribution in [0.4, 0.5) is 27.1 Å². The summed E-state index contributed by atoms with van der Waals surface area (Å²) in [6.07, 6.45) is -6.64. The number of hydrogen-bond acceptors (Lipinski definition) is 10. The molecule has 0 bridgehead atoms. The molecular weight excluding hydrogens is 603 g/mol. The number of benzene rings is 1. The molecule has 1 aromatic carbocycles. The Morgan fingerprint density at radius 2 is 1.76 bits per heavy atom. The van der Waals surface area contributed by atoms with Crippen molar-refractivity contribution in [1.29, 1.82) is 0 Å². The van der Waals surface area contributed by atoms with Gasteiger partial charge in [-0.15, -0.1) is 0 Å². The second kappa shape index (κ2) is 12.4. The van der Waals surface area contributed by atoms with Gasteiger partial charge in [-0.1, -0.05) is 23.5 Å². The van der Waals surface area contributed by atoms with Gasteiger partial charge in [0, 0.05) is 5.56 Å². The van der Waals surface area contributed by atoms with E-state index < -0.39 is 64.7 Å². The van der Waals surface area contributed by atoms with Gasteiger partial charge in [0.2, 0.25) is 0 Å². The van der Waals surface area contributed by atoms with Crippen LogP contribution in [0.15, 0.2) is 40.7 Å². The zero-order valence-corrected chi connectivity index (χ0v) is 22.3. The predicted octanol–water partition coefficient (Wildman–Crippen LogP) is 2.72. The summed E-state index contributed by atoms with van der Waals surface area (Å²) in [6.45, 7) is 0.556. The lowest BCUT2D eigenvalue weighted by Gasteiger charge is -2.12. The third-order valence-electron chi connectivity index (χ3n) is 5.24. The lowest BCUT2D eigenvalue weighted by Crippen LogP contribution is -2.39. The van der Waals surface area contributed by atoms with Gasteiger partial charge < -0.3 is 21.1 Å². The molecule has 19 heteroatoms. The lowest BCUT2D eigenvalue weighted by atomic mass is 10.1. The first-order valence-corrected chi connectivity index (χ1v) is 13.4. The summed E-state index contributed by atoms with van der Waals surface area (Å²) in [7, 11) is -3.79. The van der Waals surface area contributed by atoms with Gasteiger partial charge >= 0.3 is 12.1 Å². The van der Waals surface area contributed by atoms with Crippen LogP contribution in [-0.4, -0.2) is 68.5 Å². The standard InChI is InChI=1S/C15H8F5N3O2.C7H13N3O4S2/c16-12(17)11-5-10(7-1-3-8(4-2-7)15(18,19)20)22-13-9(14(24)25)6-21-23(11)13;1-4-6(15-7(8)9-4)16(13,14)10-5(2-11)3-12/h1-6,12H,(H,24,25);5,10-12H,2-3H2,1H3,(H2,8,9). The van der Waals surface area contributed by atoms with Crippen molar-refractivity contribution in [2.24, 2.45) is 0 Å². The average Bonchev–Trinajstić information content (AvgIpc) is 3.49. The number of nitrogen functional groups attached to an aromatic ring is 1. The number of anilines is 1. The number of aryl methyl sites for hydroxylation is 1. The molecule has 0 radical (unpaired) electrons. The normalized spacial score (nSPS) is 12.1. The smallest absolute Gasteiger partial charge is 0.416 e. The fraction of sp³-hybridized carbons (Fsp3) is 0.273. The maximum atomic E-state index is 13.2. The Labute approximate surface area is 232 Å². The van der Waals surface area contributed by atoms with Crippen molar-refractivity contribution in [2.45, 2.75) is 29.8 Å². The number of carboxylic acid groups (broad SMARTS) is 1. The molecule has 4 aromatic rings. The Bertz CT molecular complexity index is 1640. The van der Waals surface area contributed by atoms with E-state index in [0.29, 0.717) is 10.2 Å². The van der Waals surface area contributed by atoms with E-state index in [1.165, 1.54) is 6.92 Å². The molecule has 0 aliphatic rings. The highest BCUT2D eigenvalue weighted by molar-refractivity contribution is 7.91. The number of sulfonamides is 1. The van der Waals surface area contributed by atoms with E-state index in [0.717, 1.165) is 47.9 Å². The van der Waals surface area contributed by atoms with Gasteiger partial charge in [0.1, 0.15) is 11.3 Å². The predicted molar refractivity (Wildman–Crippen MR) is 135 cm³/mol. The molecule has 0 spiro atoms. The number of aromatic carboxylic acids is 1. The van der Waals surface area contributed by atoms with Crippen molar-refractivity contribution in [2.75, 3.05) is 18.9 Å². The summed E-state index contributed by atoms with van der Waals surface area (Å²) in [6, 6.07) is 3.77. The molecule has 0 aliphatic carbocycles. The number of aliphatic hydroxyl groups excluding tert-OH is 2. The van der Waals surface area contributed by atoms with E-state index in [1.807, 2.05) is 0 Å². The van der Waals surface area contributed by atoms with Gasteiger partial charge in [-0.25, -0.2) is 41.2 Å². The molecule has 0 fully saturated rings. The number of alkyl halides is 5. The zero-order valence-electron chi connectivity index (χ0n) is 20.7. The number of nitrogens with two attached hydrogens (primary N) is 1. The zero-order chi connectivity index (χ0) is 30.7. The van der Waals surface area contributed by atoms with Crippen LogP contribution >= 0.6 is 11.3 Å². The van der Waals surface area contributed by atoms with Crippen LogP contribution in [0.3, 0.4) is 0 Å². The molecule has 0 aliphatic heterocycles. The first-order chi connectivity index (χ1) is 19.1. The minimum absolute atomic E-state index is 0.00287. The van der Waals surface area contributed by atoms with E-state index in [-0.39, 0.29) is 26.2 Å². The van der Waals surface area contributed by atoms with Crippen molar-refractivity contribution >= 4 is 38.1 Å². The fourth-order valence-electron chi connectivity index (χ4n) is 3.33. The third kappa shape index (κ3) is 7.30. The molecular formula is C22H21F5N6O6S2. The van der Waals surface area contributed by atoms with Crippen molar-refractivity contribution in [3.63, 3.8) is 0 Å². The van der Waals surface area contributed by atoms with Crippen molar-refractivity contribution in [3.05, 3.63) is 59.0 Å². The number of halogens is 5. The maximum Gasteiger partial charge on any atom is 0.416 e. The van der Waals surface area contributed by atoms with Gasteiger partial charge in [-0.05, 0) is 25.1 Å². The molecule has 0 saturated heterocycles. The number of hydrogen-bond donors (Lipinski definition) is 5. The minimum Gasteiger partial charge on any atom is -0.477 e. The van der Waals surface area contributed by atoms with Crippen LogP contribution in [0.1, 0.15) is 33.7 Å². The number of rotatable bonds is 8. The van der Waals surface area contributed by atoms with Gasteiger partial charge in [-0.2, -0.15) is 18.3 Å². The molecule has 6 N–H and O–H groups in total. The van der Waals surface area contributed by atoms with Crippen molar-refractivity contribution in [3.8, 4) is 11.3 Å². The molecule has 3 heterocycles. The molecule has 12 nitrogen and oxygen atoms in total. The topological polar surface area (TPSA) is 193 Å². The number of nitrogens with one attached hydrogen (secondary N) is 1.